The summed E-state index contributed by atoms with van der Waals surface area (Å²) in [5, 5.41) is 14.9. The monoisotopic (exact) mass is 294 g/mol. The Morgan fingerprint density at radius 3 is 2.86 bits per heavy atom. The third kappa shape index (κ3) is 1.96. The second-order valence-electron chi connectivity index (χ2n) is 5.63. The van der Waals surface area contributed by atoms with E-state index in [4.69, 9.17) is 4.74 Å². The quantitative estimate of drug-likeness (QED) is 0.680. The first kappa shape index (κ1) is 13.2. The first-order valence-corrected chi connectivity index (χ1v) is 7.47. The van der Waals surface area contributed by atoms with E-state index < -0.39 is 0 Å². The number of aromatic nitrogens is 1. The Kier molecular flexibility index (Phi) is 3.05. The van der Waals surface area contributed by atoms with Gasteiger partial charge in [-0.15, -0.1) is 0 Å². The summed E-state index contributed by atoms with van der Waals surface area (Å²) in [4.78, 5) is 3.54. The fourth-order valence-corrected chi connectivity index (χ4v) is 3.35. The Hall–Kier alpha value is -2.46. The number of benzene rings is 2. The zero-order valence-electron chi connectivity index (χ0n) is 12.4. The number of phenolic OH excluding ortho intramolecular Hbond substituents is 1. The standard InChI is InChI=1S/C18H18N2O2/c1-22-16-7-6-11(10-15(16)21)17-18-13(8-9-19-17)12-4-2-3-5-14(12)20-18/h2-7,10,17,19-21H,8-9H2,1H3/t17-/m1/s1. The molecular formula is C18H18N2O2. The van der Waals surface area contributed by atoms with Gasteiger partial charge in [-0.3, -0.25) is 0 Å². The first-order valence-electron chi connectivity index (χ1n) is 7.47. The van der Waals surface area contributed by atoms with Crippen LogP contribution < -0.4 is 10.1 Å². The van der Waals surface area contributed by atoms with Crippen LogP contribution in [-0.4, -0.2) is 23.7 Å². The predicted molar refractivity (Wildman–Crippen MR) is 86.5 cm³/mol. The van der Waals surface area contributed by atoms with Crippen molar-refractivity contribution in [2.75, 3.05) is 13.7 Å². The molecule has 1 aliphatic rings. The number of H-pyrrole nitrogens is 1. The lowest BCUT2D eigenvalue weighted by Crippen LogP contribution is -2.30. The molecule has 4 nitrogen and oxygen atoms in total. The molecule has 0 aliphatic carbocycles. The lowest BCUT2D eigenvalue weighted by Gasteiger charge is -2.25. The number of methoxy groups -OCH3 is 1. The molecule has 0 saturated carbocycles. The van der Waals surface area contributed by atoms with Gasteiger partial charge in [0.15, 0.2) is 11.5 Å². The molecule has 0 unspecified atom stereocenters. The summed E-state index contributed by atoms with van der Waals surface area (Å²) in [7, 11) is 1.56. The summed E-state index contributed by atoms with van der Waals surface area (Å²) in [6, 6.07) is 14.0. The second-order valence-corrected chi connectivity index (χ2v) is 5.63. The van der Waals surface area contributed by atoms with E-state index in [-0.39, 0.29) is 11.8 Å². The van der Waals surface area contributed by atoms with Crippen LogP contribution in [0.3, 0.4) is 0 Å². The van der Waals surface area contributed by atoms with Crippen LogP contribution in [0.15, 0.2) is 42.5 Å². The Morgan fingerprint density at radius 1 is 1.18 bits per heavy atom. The van der Waals surface area contributed by atoms with Crippen molar-refractivity contribution in [3.05, 3.63) is 59.3 Å². The highest BCUT2D eigenvalue weighted by molar-refractivity contribution is 5.85. The topological polar surface area (TPSA) is 57.3 Å². The van der Waals surface area contributed by atoms with E-state index in [2.05, 4.69) is 28.5 Å². The Labute approximate surface area is 128 Å². The lowest BCUT2D eigenvalue weighted by molar-refractivity contribution is 0.372. The van der Waals surface area contributed by atoms with Crippen LogP contribution in [0.2, 0.25) is 0 Å². The molecule has 112 valence electrons. The predicted octanol–water partition coefficient (Wildman–Crippen LogP) is 3.12. The van der Waals surface area contributed by atoms with Crippen LogP contribution in [0.4, 0.5) is 0 Å². The molecule has 2 heterocycles. The Morgan fingerprint density at radius 2 is 2.05 bits per heavy atom. The molecule has 0 saturated heterocycles. The number of nitrogens with one attached hydrogen (secondary N) is 2. The van der Waals surface area contributed by atoms with Crippen LogP contribution in [-0.2, 0) is 6.42 Å². The maximum absolute atomic E-state index is 10.0. The molecule has 0 amide bonds. The van der Waals surface area contributed by atoms with Crippen LogP contribution in [0, 0.1) is 0 Å². The van der Waals surface area contributed by atoms with Crippen LogP contribution in [0.5, 0.6) is 11.5 Å². The van der Waals surface area contributed by atoms with Gasteiger partial charge in [0.1, 0.15) is 0 Å². The van der Waals surface area contributed by atoms with E-state index in [1.165, 1.54) is 22.2 Å². The Bertz CT molecular complexity index is 838. The SMILES string of the molecule is COc1ccc([C@H]2NCCc3c2[nH]c2ccccc32)cc1O. The van der Waals surface area contributed by atoms with E-state index in [9.17, 15) is 5.11 Å². The zero-order valence-corrected chi connectivity index (χ0v) is 12.4. The number of aromatic amines is 1. The average Bonchev–Trinajstić information content (AvgIpc) is 2.93. The lowest BCUT2D eigenvalue weighted by atomic mass is 9.94. The van der Waals surface area contributed by atoms with Crippen LogP contribution in [0.25, 0.3) is 10.9 Å². The van der Waals surface area contributed by atoms with E-state index in [0.29, 0.717) is 5.75 Å². The molecule has 0 bridgehead atoms. The van der Waals surface area contributed by atoms with E-state index >= 15 is 0 Å². The van der Waals surface area contributed by atoms with E-state index in [1.807, 2.05) is 18.2 Å². The maximum atomic E-state index is 10.0. The van der Waals surface area contributed by atoms with Crippen molar-refractivity contribution in [2.45, 2.75) is 12.5 Å². The summed E-state index contributed by atoms with van der Waals surface area (Å²) in [5.74, 6) is 0.668. The number of phenols is 1. The van der Waals surface area contributed by atoms with E-state index in [1.54, 1.807) is 13.2 Å². The van der Waals surface area contributed by atoms with Crippen molar-refractivity contribution in [3.63, 3.8) is 0 Å². The van der Waals surface area contributed by atoms with Gasteiger partial charge >= 0.3 is 0 Å². The van der Waals surface area contributed by atoms with Gasteiger partial charge in [0.25, 0.3) is 0 Å². The molecule has 0 spiro atoms. The van der Waals surface area contributed by atoms with Crippen molar-refractivity contribution >= 4 is 10.9 Å². The fraction of sp³-hybridized carbons (Fsp3) is 0.222. The van der Waals surface area contributed by atoms with Gasteiger partial charge in [0.2, 0.25) is 0 Å². The number of ether oxygens (including phenoxy) is 1. The van der Waals surface area contributed by atoms with Gasteiger partial charge < -0.3 is 20.1 Å². The second kappa shape index (κ2) is 5.07. The number of fused-ring (bicyclic) bond motifs is 3. The largest absolute Gasteiger partial charge is 0.504 e. The van der Waals surface area contributed by atoms with Crippen LogP contribution >= 0.6 is 0 Å². The fourth-order valence-electron chi connectivity index (χ4n) is 3.35. The number of aromatic hydroxyl groups is 1. The van der Waals surface area contributed by atoms with Crippen molar-refractivity contribution in [1.29, 1.82) is 0 Å². The van der Waals surface area contributed by atoms with Gasteiger partial charge in [0.05, 0.1) is 13.2 Å². The van der Waals surface area contributed by atoms with Crippen molar-refractivity contribution in [1.82, 2.24) is 10.3 Å². The average molecular weight is 294 g/mol. The normalized spacial score (nSPS) is 17.4. The number of para-hydroxylation sites is 1. The minimum atomic E-state index is 0.0629. The molecule has 1 aliphatic heterocycles. The highest BCUT2D eigenvalue weighted by Crippen LogP contribution is 2.36. The van der Waals surface area contributed by atoms with Gasteiger partial charge in [0, 0.05) is 23.1 Å². The van der Waals surface area contributed by atoms with Crippen molar-refractivity contribution < 1.29 is 9.84 Å². The summed E-state index contributed by atoms with van der Waals surface area (Å²) in [6.45, 7) is 0.923. The molecule has 0 fully saturated rings. The minimum Gasteiger partial charge on any atom is -0.504 e. The smallest absolute Gasteiger partial charge is 0.160 e. The van der Waals surface area contributed by atoms with Crippen LogP contribution in [0.1, 0.15) is 22.9 Å². The molecule has 3 N–H and O–H groups in total. The summed E-state index contributed by atoms with van der Waals surface area (Å²) < 4.78 is 5.13. The summed E-state index contributed by atoms with van der Waals surface area (Å²) >= 11 is 0. The molecule has 0 radical (unpaired) electrons. The van der Waals surface area contributed by atoms with Gasteiger partial charge in [-0.05, 0) is 35.7 Å². The maximum Gasteiger partial charge on any atom is 0.160 e. The van der Waals surface area contributed by atoms with Crippen molar-refractivity contribution in [2.24, 2.45) is 0 Å². The molecule has 1 aromatic heterocycles. The molecular weight excluding hydrogens is 276 g/mol. The first-order chi connectivity index (χ1) is 10.8. The third-order valence-corrected chi connectivity index (χ3v) is 4.40. The number of rotatable bonds is 2. The van der Waals surface area contributed by atoms with Gasteiger partial charge in [-0.25, -0.2) is 0 Å². The number of hydrogen-bond donors (Lipinski definition) is 3. The molecule has 4 heteroatoms. The Balaban J connectivity index is 1.84. The van der Waals surface area contributed by atoms with Gasteiger partial charge in [-0.1, -0.05) is 24.3 Å². The highest BCUT2D eigenvalue weighted by atomic mass is 16.5. The van der Waals surface area contributed by atoms with E-state index in [0.717, 1.165) is 18.5 Å². The molecule has 1 atom stereocenters. The summed E-state index contributed by atoms with van der Waals surface area (Å²) in [5.41, 5.74) is 4.76. The molecule has 22 heavy (non-hydrogen) atoms. The molecule has 4 rings (SSSR count). The third-order valence-electron chi connectivity index (χ3n) is 4.40. The van der Waals surface area contributed by atoms with Gasteiger partial charge in [-0.2, -0.15) is 0 Å². The summed E-state index contributed by atoms with van der Waals surface area (Å²) in [6.07, 6.45) is 1.01. The van der Waals surface area contributed by atoms with Crippen molar-refractivity contribution in [3.8, 4) is 11.5 Å². The zero-order chi connectivity index (χ0) is 15.1. The molecule has 2 aromatic carbocycles. The highest BCUT2D eigenvalue weighted by Gasteiger charge is 2.25. The number of hydrogen-bond acceptors (Lipinski definition) is 3. The minimum absolute atomic E-state index is 0.0629. The molecule has 3 aromatic rings.